The van der Waals surface area contributed by atoms with Gasteiger partial charge in [-0.05, 0) is 36.4 Å². The van der Waals surface area contributed by atoms with Crippen molar-refractivity contribution < 1.29 is 4.57 Å². The van der Waals surface area contributed by atoms with Crippen LogP contribution in [-0.4, -0.2) is 4.98 Å². The summed E-state index contributed by atoms with van der Waals surface area (Å²) in [5.41, 5.74) is 0.824. The Morgan fingerprint density at radius 3 is 2.09 bits per heavy atom. The first-order valence-electron chi connectivity index (χ1n) is 6.99. The van der Waals surface area contributed by atoms with E-state index in [1.807, 2.05) is 60.7 Å². The quantitative estimate of drug-likeness (QED) is 0.671. The van der Waals surface area contributed by atoms with Gasteiger partial charge < -0.3 is 4.57 Å². The van der Waals surface area contributed by atoms with Crippen LogP contribution in [0.1, 0.15) is 5.69 Å². The summed E-state index contributed by atoms with van der Waals surface area (Å²) in [6, 6.07) is 22.5. The van der Waals surface area contributed by atoms with Crippen LogP contribution in [-0.2, 0) is 10.7 Å². The smallest absolute Gasteiger partial charge is 0.148 e. The van der Waals surface area contributed by atoms with Gasteiger partial charge in [-0.25, -0.2) is 0 Å². The SMILES string of the molecule is O=P(Cc1ccccn1)(c1ccccc1)c1ccc(Cl)cc1. The van der Waals surface area contributed by atoms with Crippen molar-refractivity contribution in [1.82, 2.24) is 4.98 Å². The topological polar surface area (TPSA) is 30.0 Å². The minimum Gasteiger partial charge on any atom is -0.313 e. The van der Waals surface area contributed by atoms with Gasteiger partial charge >= 0.3 is 0 Å². The minimum atomic E-state index is -2.79. The second-order valence-electron chi connectivity index (χ2n) is 5.03. The molecule has 1 aromatic heterocycles. The number of aromatic nitrogens is 1. The fraction of sp³-hybridized carbons (Fsp3) is 0.0556. The molecule has 1 heterocycles. The number of pyridine rings is 1. The summed E-state index contributed by atoms with van der Waals surface area (Å²) in [5, 5.41) is 2.28. The lowest BCUT2D eigenvalue weighted by molar-refractivity contribution is 0.586. The number of rotatable bonds is 4. The van der Waals surface area contributed by atoms with E-state index < -0.39 is 7.14 Å². The van der Waals surface area contributed by atoms with Gasteiger partial charge in [0.1, 0.15) is 7.14 Å². The maximum atomic E-state index is 13.8. The zero-order chi connectivity index (χ0) is 15.4. The predicted molar refractivity (Wildman–Crippen MR) is 92.7 cm³/mol. The summed E-state index contributed by atoms with van der Waals surface area (Å²) in [5.74, 6) is 0. The van der Waals surface area contributed by atoms with E-state index in [9.17, 15) is 4.57 Å². The Kier molecular flexibility index (Phi) is 4.42. The number of benzene rings is 2. The van der Waals surface area contributed by atoms with Gasteiger partial charge in [-0.2, -0.15) is 0 Å². The molecule has 0 radical (unpaired) electrons. The number of hydrogen-bond donors (Lipinski definition) is 0. The number of halogens is 1. The number of nitrogens with zero attached hydrogens (tertiary/aromatic N) is 1. The van der Waals surface area contributed by atoms with Crippen LogP contribution in [0.25, 0.3) is 0 Å². The molecular formula is C18H15ClNOP. The molecule has 22 heavy (non-hydrogen) atoms. The zero-order valence-electron chi connectivity index (χ0n) is 11.9. The fourth-order valence-corrected chi connectivity index (χ4v) is 5.12. The predicted octanol–water partition coefficient (Wildman–Crippen LogP) is 4.25. The van der Waals surface area contributed by atoms with E-state index >= 15 is 0 Å². The van der Waals surface area contributed by atoms with E-state index in [0.717, 1.165) is 16.3 Å². The Bertz CT molecular complexity index is 788. The van der Waals surface area contributed by atoms with E-state index in [4.69, 9.17) is 11.6 Å². The Morgan fingerprint density at radius 1 is 0.818 bits per heavy atom. The third-order valence-corrected chi connectivity index (χ3v) is 6.81. The highest BCUT2D eigenvalue weighted by Gasteiger charge is 2.28. The van der Waals surface area contributed by atoms with Crippen LogP contribution in [0.3, 0.4) is 0 Å². The Balaban J connectivity index is 2.10. The van der Waals surface area contributed by atoms with Gasteiger partial charge in [0, 0.05) is 27.5 Å². The van der Waals surface area contributed by atoms with Gasteiger partial charge in [-0.15, -0.1) is 0 Å². The van der Waals surface area contributed by atoms with Crippen molar-refractivity contribution >= 4 is 29.4 Å². The summed E-state index contributed by atoms with van der Waals surface area (Å²) in [4.78, 5) is 4.33. The molecule has 0 aliphatic rings. The molecule has 0 bridgehead atoms. The third kappa shape index (κ3) is 3.14. The molecule has 110 valence electrons. The van der Waals surface area contributed by atoms with E-state index in [0.29, 0.717) is 11.2 Å². The van der Waals surface area contributed by atoms with Crippen molar-refractivity contribution in [2.24, 2.45) is 0 Å². The third-order valence-electron chi connectivity index (χ3n) is 3.53. The molecule has 1 atom stereocenters. The number of hydrogen-bond acceptors (Lipinski definition) is 2. The molecule has 2 aromatic carbocycles. The molecule has 0 saturated carbocycles. The van der Waals surface area contributed by atoms with Gasteiger partial charge in [0.05, 0.1) is 6.16 Å². The molecule has 4 heteroatoms. The van der Waals surface area contributed by atoms with E-state index in [-0.39, 0.29) is 0 Å². The molecule has 2 nitrogen and oxygen atoms in total. The Hall–Kier alpha value is -1.89. The van der Waals surface area contributed by atoms with Gasteiger partial charge in [0.15, 0.2) is 0 Å². The molecule has 0 spiro atoms. The van der Waals surface area contributed by atoms with Crippen LogP contribution in [0.4, 0.5) is 0 Å². The standard InChI is InChI=1S/C18H15ClNOP/c19-15-9-11-18(12-10-15)22(21,17-7-2-1-3-8-17)14-16-6-4-5-13-20-16/h1-13H,14H2. The highest BCUT2D eigenvalue weighted by Crippen LogP contribution is 2.46. The average molecular weight is 328 g/mol. The minimum absolute atomic E-state index is 0.402. The fourth-order valence-electron chi connectivity index (χ4n) is 2.40. The molecule has 3 rings (SSSR count). The zero-order valence-corrected chi connectivity index (χ0v) is 13.5. The molecule has 0 aliphatic heterocycles. The molecule has 0 aliphatic carbocycles. The summed E-state index contributed by atoms with van der Waals surface area (Å²) < 4.78 is 13.8. The van der Waals surface area contributed by atoms with Crippen LogP contribution in [0.5, 0.6) is 0 Å². The maximum Gasteiger partial charge on any atom is 0.148 e. The van der Waals surface area contributed by atoms with Gasteiger partial charge in [0.2, 0.25) is 0 Å². The Morgan fingerprint density at radius 2 is 1.45 bits per heavy atom. The van der Waals surface area contributed by atoms with Gasteiger partial charge in [0.25, 0.3) is 0 Å². The largest absolute Gasteiger partial charge is 0.313 e. The Labute approximate surface area is 135 Å². The van der Waals surface area contributed by atoms with Crippen molar-refractivity contribution in [2.75, 3.05) is 0 Å². The van der Waals surface area contributed by atoms with Crippen molar-refractivity contribution in [1.29, 1.82) is 0 Å². The molecule has 0 fully saturated rings. The van der Waals surface area contributed by atoms with Crippen LogP contribution in [0, 0.1) is 0 Å². The van der Waals surface area contributed by atoms with Crippen molar-refractivity contribution in [2.45, 2.75) is 6.16 Å². The lowest BCUT2D eigenvalue weighted by atomic mass is 10.4. The lowest BCUT2D eigenvalue weighted by Crippen LogP contribution is -2.17. The van der Waals surface area contributed by atoms with Gasteiger partial charge in [-0.1, -0.05) is 48.0 Å². The van der Waals surface area contributed by atoms with Gasteiger partial charge in [-0.3, -0.25) is 4.98 Å². The van der Waals surface area contributed by atoms with E-state index in [1.54, 1.807) is 18.3 Å². The maximum absolute atomic E-state index is 13.8. The van der Waals surface area contributed by atoms with Crippen LogP contribution in [0.15, 0.2) is 79.0 Å². The highest BCUT2D eigenvalue weighted by molar-refractivity contribution is 7.78. The van der Waals surface area contributed by atoms with Crippen molar-refractivity contribution in [3.63, 3.8) is 0 Å². The van der Waals surface area contributed by atoms with Crippen LogP contribution in [0.2, 0.25) is 5.02 Å². The van der Waals surface area contributed by atoms with Crippen molar-refractivity contribution in [3.05, 3.63) is 89.7 Å². The monoisotopic (exact) mass is 327 g/mol. The highest BCUT2D eigenvalue weighted by atomic mass is 35.5. The molecular weight excluding hydrogens is 313 g/mol. The summed E-state index contributed by atoms with van der Waals surface area (Å²) in [6.45, 7) is 0. The second kappa shape index (κ2) is 6.48. The summed E-state index contributed by atoms with van der Waals surface area (Å²) >= 11 is 5.97. The summed E-state index contributed by atoms with van der Waals surface area (Å²) in [6.07, 6.45) is 2.13. The van der Waals surface area contributed by atoms with Crippen LogP contribution < -0.4 is 10.6 Å². The summed E-state index contributed by atoms with van der Waals surface area (Å²) in [7, 11) is -2.79. The first-order valence-corrected chi connectivity index (χ1v) is 9.26. The molecule has 3 aromatic rings. The molecule has 0 amide bonds. The molecule has 1 unspecified atom stereocenters. The van der Waals surface area contributed by atoms with Crippen molar-refractivity contribution in [3.8, 4) is 0 Å². The average Bonchev–Trinajstić information content (AvgIpc) is 2.57. The first-order chi connectivity index (χ1) is 10.7. The first kappa shape index (κ1) is 15.0. The second-order valence-corrected chi connectivity index (χ2v) is 8.30. The normalized spacial score (nSPS) is 13.5. The van der Waals surface area contributed by atoms with Crippen LogP contribution >= 0.6 is 18.7 Å². The van der Waals surface area contributed by atoms with E-state index in [1.165, 1.54) is 0 Å². The molecule has 0 saturated heterocycles. The van der Waals surface area contributed by atoms with E-state index in [2.05, 4.69) is 4.98 Å². The lowest BCUT2D eigenvalue weighted by Gasteiger charge is -2.19. The molecule has 0 N–H and O–H groups in total.